The normalized spacial score (nSPS) is 18.8. The van der Waals surface area contributed by atoms with Gasteiger partial charge in [-0.15, -0.1) is 4.99 Å². The summed E-state index contributed by atoms with van der Waals surface area (Å²) >= 11 is 9.96. The standard InChI is InChI=1S/C28H33BrClN7O.C3H4N2.C3H8/c29-22-13-21-2-1-20-14-23(30)3-4-24(20)26(25(21)33-16-22)36-11-7-19(8-12-36)27(38)34-15-18-5-9-37(10-6-18)28(32)35-17-31;1-2-5-3-4;1-3-2/h3-4,13-14,16,18-19,26H,1-2,5-12,15H2,(H2,32,35)(H,34,38);2H,1H3;3H2,1-2H3. The van der Waals surface area contributed by atoms with Gasteiger partial charge in [0.25, 0.3) is 0 Å². The van der Waals surface area contributed by atoms with Gasteiger partial charge in [-0.2, -0.15) is 15.5 Å². The van der Waals surface area contributed by atoms with Gasteiger partial charge in [-0.05, 0) is 115 Å². The molecular formula is C34H45BrClN9O. The first kappa shape index (κ1) is 37.0. The van der Waals surface area contributed by atoms with E-state index < -0.39 is 0 Å². The van der Waals surface area contributed by atoms with Gasteiger partial charge in [0.1, 0.15) is 0 Å². The molecule has 12 heteroatoms. The average Bonchev–Trinajstić information content (AvgIpc) is 3.21. The number of pyridine rings is 1. The zero-order chi connectivity index (χ0) is 33.5. The zero-order valence-corrected chi connectivity index (χ0v) is 29.4. The van der Waals surface area contributed by atoms with Crippen LogP contribution in [-0.2, 0) is 17.6 Å². The molecule has 1 atom stereocenters. The summed E-state index contributed by atoms with van der Waals surface area (Å²) in [5.74, 6) is 0.888. The minimum Gasteiger partial charge on any atom is -0.369 e. The molecule has 0 bridgehead atoms. The number of nitriles is 2. The quantitative estimate of drug-likeness (QED) is 0.225. The number of amides is 1. The van der Waals surface area contributed by atoms with Crippen molar-refractivity contribution in [3.63, 3.8) is 0 Å². The van der Waals surface area contributed by atoms with Crippen molar-refractivity contribution >= 4 is 45.6 Å². The van der Waals surface area contributed by atoms with Gasteiger partial charge in [0, 0.05) is 47.5 Å². The fourth-order valence-electron chi connectivity index (χ4n) is 6.14. The van der Waals surface area contributed by atoms with Gasteiger partial charge in [-0.3, -0.25) is 14.7 Å². The predicted octanol–water partition coefficient (Wildman–Crippen LogP) is 6.00. The summed E-state index contributed by atoms with van der Waals surface area (Å²) in [6.45, 7) is 9.84. The molecule has 1 amide bonds. The molecule has 2 aliphatic heterocycles. The number of hydrogen-bond donors (Lipinski definition) is 2. The summed E-state index contributed by atoms with van der Waals surface area (Å²) in [6, 6.07) is 8.50. The molecule has 3 N–H and O–H groups in total. The van der Waals surface area contributed by atoms with Crippen LogP contribution in [0.1, 0.15) is 81.3 Å². The molecular weight excluding hydrogens is 666 g/mol. The van der Waals surface area contributed by atoms with Crippen LogP contribution in [0, 0.1) is 34.7 Å². The van der Waals surface area contributed by atoms with E-state index in [1.165, 1.54) is 29.3 Å². The summed E-state index contributed by atoms with van der Waals surface area (Å²) in [5.41, 5.74) is 10.8. The highest BCUT2D eigenvalue weighted by atomic mass is 79.9. The first-order valence-electron chi connectivity index (χ1n) is 16.0. The number of aliphatic imine (C=N–C) groups is 2. The Bertz CT molecular complexity index is 1380. The maximum atomic E-state index is 13.1. The number of guanidine groups is 1. The van der Waals surface area contributed by atoms with E-state index in [9.17, 15) is 4.79 Å². The van der Waals surface area contributed by atoms with E-state index in [0.29, 0.717) is 12.5 Å². The van der Waals surface area contributed by atoms with Crippen LogP contribution in [0.3, 0.4) is 0 Å². The Kier molecular flexibility index (Phi) is 15.4. The topological polar surface area (TPSA) is 147 Å². The van der Waals surface area contributed by atoms with Crippen molar-refractivity contribution in [3.8, 4) is 12.4 Å². The molecule has 46 heavy (non-hydrogen) atoms. The van der Waals surface area contributed by atoms with Crippen LogP contribution in [0.4, 0.5) is 0 Å². The van der Waals surface area contributed by atoms with E-state index in [-0.39, 0.29) is 23.8 Å². The number of rotatable bonds is 4. The first-order chi connectivity index (χ1) is 22.3. The Morgan fingerprint density at radius 3 is 2.39 bits per heavy atom. The van der Waals surface area contributed by atoms with E-state index in [4.69, 9.17) is 32.8 Å². The molecule has 10 nitrogen and oxygen atoms in total. The van der Waals surface area contributed by atoms with Crippen LogP contribution in [0.2, 0.25) is 5.02 Å². The average molecular weight is 711 g/mol. The highest BCUT2D eigenvalue weighted by molar-refractivity contribution is 9.10. The maximum Gasteiger partial charge on any atom is 0.223 e. The molecule has 3 aliphatic rings. The molecule has 246 valence electrons. The Morgan fingerprint density at radius 1 is 1.11 bits per heavy atom. The predicted molar refractivity (Wildman–Crippen MR) is 187 cm³/mol. The lowest BCUT2D eigenvalue weighted by atomic mass is 9.90. The number of nitrogens with zero attached hydrogens (tertiary/aromatic N) is 7. The lowest BCUT2D eigenvalue weighted by molar-refractivity contribution is -0.126. The van der Waals surface area contributed by atoms with Crippen molar-refractivity contribution in [2.24, 2.45) is 27.6 Å². The number of likely N-dealkylation sites (tertiary alicyclic amines) is 2. The van der Waals surface area contributed by atoms with Crippen LogP contribution in [0.5, 0.6) is 0 Å². The van der Waals surface area contributed by atoms with E-state index in [2.05, 4.69) is 68.2 Å². The fraction of sp³-hybridized carbons (Fsp3) is 0.529. The number of nitrogens with one attached hydrogen (secondary N) is 1. The SMILES string of the molecule is CC=NC#N.CCC.N#CN=C(N)N1CCC(CNC(=O)C2CCN(C3c4ccc(Cl)cc4CCc4cc(Br)cnc43)CC2)CC1. The van der Waals surface area contributed by atoms with Gasteiger partial charge in [-0.25, -0.2) is 0 Å². The molecule has 1 aromatic heterocycles. The number of aromatic nitrogens is 1. The number of halogens is 2. The third kappa shape index (κ3) is 10.5. The molecule has 1 aromatic carbocycles. The van der Waals surface area contributed by atoms with Gasteiger partial charge < -0.3 is 16.0 Å². The lowest BCUT2D eigenvalue weighted by Crippen LogP contribution is -2.46. The molecule has 0 saturated carbocycles. The van der Waals surface area contributed by atoms with Crippen molar-refractivity contribution in [1.82, 2.24) is 20.1 Å². The second kappa shape index (κ2) is 19.2. The highest BCUT2D eigenvalue weighted by Crippen LogP contribution is 2.39. The molecule has 0 spiro atoms. The fourth-order valence-corrected chi connectivity index (χ4v) is 6.71. The third-order valence-electron chi connectivity index (χ3n) is 8.41. The molecule has 2 fully saturated rings. The number of aryl methyl sites for hydroxylation is 2. The lowest BCUT2D eigenvalue weighted by Gasteiger charge is -2.38. The monoisotopic (exact) mass is 709 g/mol. The number of fused-ring (bicyclic) bond motifs is 2. The minimum atomic E-state index is 0.0255. The van der Waals surface area contributed by atoms with Crippen molar-refractivity contribution < 1.29 is 4.79 Å². The number of carbonyl (C=O) groups is 1. The van der Waals surface area contributed by atoms with Crippen molar-refractivity contribution in [2.75, 3.05) is 32.7 Å². The highest BCUT2D eigenvalue weighted by Gasteiger charge is 2.34. The Labute approximate surface area is 286 Å². The Balaban J connectivity index is 0.000000647. The molecule has 2 aromatic rings. The summed E-state index contributed by atoms with van der Waals surface area (Å²) in [7, 11) is 0. The summed E-state index contributed by atoms with van der Waals surface area (Å²) < 4.78 is 0.999. The van der Waals surface area contributed by atoms with E-state index in [1.807, 2.05) is 17.2 Å². The van der Waals surface area contributed by atoms with E-state index >= 15 is 0 Å². The number of carbonyl (C=O) groups excluding carboxylic acids is 1. The summed E-state index contributed by atoms with van der Waals surface area (Å²) in [5, 5.41) is 20.3. The van der Waals surface area contributed by atoms with Gasteiger partial charge in [0.05, 0.1) is 11.7 Å². The zero-order valence-electron chi connectivity index (χ0n) is 27.1. The summed E-state index contributed by atoms with van der Waals surface area (Å²) in [6.07, 6.45) is 13.3. The van der Waals surface area contributed by atoms with Gasteiger partial charge in [0.2, 0.25) is 24.3 Å². The van der Waals surface area contributed by atoms with E-state index in [1.54, 1.807) is 19.3 Å². The van der Waals surface area contributed by atoms with Crippen LogP contribution < -0.4 is 11.1 Å². The number of piperidine rings is 2. The molecule has 3 heterocycles. The van der Waals surface area contributed by atoms with Gasteiger partial charge in [0.15, 0.2) is 0 Å². The molecule has 2 saturated heterocycles. The Morgan fingerprint density at radius 2 is 1.78 bits per heavy atom. The second-order valence-electron chi connectivity index (χ2n) is 11.7. The van der Waals surface area contributed by atoms with Crippen LogP contribution in [0.25, 0.3) is 0 Å². The Hall–Kier alpha value is -3.51. The molecule has 0 radical (unpaired) electrons. The van der Waals surface area contributed by atoms with E-state index in [0.717, 1.165) is 79.9 Å². The van der Waals surface area contributed by atoms with Crippen molar-refractivity contribution in [2.45, 2.75) is 71.8 Å². The molecule has 1 unspecified atom stereocenters. The van der Waals surface area contributed by atoms with Gasteiger partial charge in [-0.1, -0.05) is 37.9 Å². The van der Waals surface area contributed by atoms with Gasteiger partial charge >= 0.3 is 0 Å². The number of hydrogen-bond acceptors (Lipinski definition) is 7. The van der Waals surface area contributed by atoms with Crippen LogP contribution >= 0.6 is 27.5 Å². The number of nitrogens with two attached hydrogens (primary N) is 1. The smallest absolute Gasteiger partial charge is 0.223 e. The largest absolute Gasteiger partial charge is 0.369 e. The minimum absolute atomic E-state index is 0.0255. The van der Waals surface area contributed by atoms with Crippen LogP contribution in [0.15, 0.2) is 44.9 Å². The molecule has 5 rings (SSSR count). The first-order valence-corrected chi connectivity index (χ1v) is 17.2. The number of benzene rings is 1. The van der Waals surface area contributed by atoms with Crippen molar-refractivity contribution in [3.05, 3.63) is 62.3 Å². The third-order valence-corrected chi connectivity index (χ3v) is 9.08. The molecule has 1 aliphatic carbocycles. The maximum absolute atomic E-state index is 13.1. The second-order valence-corrected chi connectivity index (χ2v) is 13.0. The van der Waals surface area contributed by atoms with Crippen molar-refractivity contribution in [1.29, 1.82) is 10.5 Å². The summed E-state index contributed by atoms with van der Waals surface area (Å²) in [4.78, 5) is 29.1. The van der Waals surface area contributed by atoms with Crippen LogP contribution in [-0.4, -0.2) is 65.6 Å².